The summed E-state index contributed by atoms with van der Waals surface area (Å²) in [4.78, 5) is 12.1. The Morgan fingerprint density at radius 3 is 2.74 bits per heavy atom. The van der Waals surface area contributed by atoms with E-state index < -0.39 is 0 Å². The van der Waals surface area contributed by atoms with Crippen LogP contribution < -0.4 is 0 Å². The van der Waals surface area contributed by atoms with Crippen molar-refractivity contribution in [1.29, 1.82) is 0 Å². The average molecular weight is 262 g/mol. The number of rotatable bonds is 4. The molecule has 1 N–H and O–H groups in total. The number of nitrogens with zero attached hydrogens (tertiary/aromatic N) is 2. The predicted molar refractivity (Wildman–Crippen MR) is 71.2 cm³/mol. The highest BCUT2D eigenvalue weighted by atomic mass is 16.5. The number of fused-ring (bicyclic) bond motifs is 1. The Morgan fingerprint density at radius 1 is 1.42 bits per heavy atom. The van der Waals surface area contributed by atoms with Gasteiger partial charge in [0.15, 0.2) is 0 Å². The quantitative estimate of drug-likeness (QED) is 0.854. The van der Waals surface area contributed by atoms with E-state index in [-0.39, 0.29) is 12.6 Å². The summed E-state index contributed by atoms with van der Waals surface area (Å²) in [5, 5.41) is 13.9. The Kier molecular flexibility index (Phi) is 3.85. The second-order valence-electron chi connectivity index (χ2n) is 4.31. The van der Waals surface area contributed by atoms with Crippen molar-refractivity contribution in [3.63, 3.8) is 0 Å². The number of aliphatic hydroxyl groups excluding tert-OH is 1. The first-order chi connectivity index (χ1) is 9.13. The number of ether oxygens (including phenoxy) is 1. The Labute approximate surface area is 111 Å². The highest BCUT2D eigenvalue weighted by Crippen LogP contribution is 2.23. The van der Waals surface area contributed by atoms with Gasteiger partial charge in [-0.05, 0) is 26.3 Å². The second kappa shape index (κ2) is 5.40. The molecule has 0 bridgehead atoms. The number of pyridine rings is 1. The molecule has 2 aromatic heterocycles. The van der Waals surface area contributed by atoms with Crippen LogP contribution >= 0.6 is 0 Å². The van der Waals surface area contributed by atoms with Crippen LogP contribution in [0.2, 0.25) is 0 Å². The smallest absolute Gasteiger partial charge is 0.342 e. The van der Waals surface area contributed by atoms with Crippen molar-refractivity contribution in [2.75, 3.05) is 6.61 Å². The molecule has 0 aliphatic rings. The van der Waals surface area contributed by atoms with Gasteiger partial charge in [0.25, 0.3) is 0 Å². The first-order valence-corrected chi connectivity index (χ1v) is 6.42. The van der Waals surface area contributed by atoms with Gasteiger partial charge in [0.1, 0.15) is 5.56 Å². The van der Waals surface area contributed by atoms with Crippen LogP contribution in [0.1, 0.15) is 41.2 Å². The summed E-state index contributed by atoms with van der Waals surface area (Å²) in [6, 6.07) is 3.69. The topological polar surface area (TPSA) is 63.8 Å². The summed E-state index contributed by atoms with van der Waals surface area (Å²) < 4.78 is 6.81. The van der Waals surface area contributed by atoms with Gasteiger partial charge >= 0.3 is 5.97 Å². The van der Waals surface area contributed by atoms with Crippen LogP contribution in [0.5, 0.6) is 0 Å². The number of esters is 1. The fraction of sp³-hybridized carbons (Fsp3) is 0.429. The summed E-state index contributed by atoms with van der Waals surface area (Å²) in [6.07, 6.45) is 0.639. The van der Waals surface area contributed by atoms with Gasteiger partial charge in [-0.25, -0.2) is 9.31 Å². The van der Waals surface area contributed by atoms with E-state index in [2.05, 4.69) is 5.10 Å². The molecule has 0 aliphatic heterocycles. The van der Waals surface area contributed by atoms with Crippen molar-refractivity contribution in [2.24, 2.45) is 0 Å². The molecular formula is C14H18N2O3. The van der Waals surface area contributed by atoms with Crippen molar-refractivity contribution in [2.45, 2.75) is 33.8 Å². The minimum atomic E-state index is -0.380. The summed E-state index contributed by atoms with van der Waals surface area (Å²) >= 11 is 0. The zero-order valence-corrected chi connectivity index (χ0v) is 11.4. The summed E-state index contributed by atoms with van der Waals surface area (Å²) in [5.41, 5.74) is 3.41. The number of hydrogen-bond donors (Lipinski definition) is 1. The van der Waals surface area contributed by atoms with Crippen molar-refractivity contribution >= 4 is 11.5 Å². The zero-order valence-electron chi connectivity index (χ0n) is 11.4. The molecule has 0 aliphatic carbocycles. The van der Waals surface area contributed by atoms with E-state index in [9.17, 15) is 9.90 Å². The van der Waals surface area contributed by atoms with E-state index in [1.165, 1.54) is 0 Å². The van der Waals surface area contributed by atoms with E-state index >= 15 is 0 Å². The first-order valence-electron chi connectivity index (χ1n) is 6.42. The lowest BCUT2D eigenvalue weighted by Crippen LogP contribution is -2.08. The van der Waals surface area contributed by atoms with Crippen molar-refractivity contribution in [3.05, 3.63) is 34.6 Å². The largest absolute Gasteiger partial charge is 0.462 e. The molecule has 0 amide bonds. The molecule has 0 atom stereocenters. The molecule has 0 aromatic carbocycles. The average Bonchev–Trinajstić information content (AvgIpc) is 2.80. The Balaban J connectivity index is 2.78. The van der Waals surface area contributed by atoms with Crippen LogP contribution in [-0.4, -0.2) is 27.3 Å². The summed E-state index contributed by atoms with van der Waals surface area (Å²) in [6.45, 7) is 5.81. The van der Waals surface area contributed by atoms with E-state index in [0.717, 1.165) is 5.69 Å². The third kappa shape index (κ3) is 2.21. The molecule has 0 unspecified atom stereocenters. The van der Waals surface area contributed by atoms with Crippen LogP contribution in [0.25, 0.3) is 5.52 Å². The van der Waals surface area contributed by atoms with E-state index in [1.807, 2.05) is 26.0 Å². The number of carbonyl (C=O) groups is 1. The highest BCUT2D eigenvalue weighted by molar-refractivity contribution is 5.99. The molecule has 2 aromatic rings. The highest BCUT2D eigenvalue weighted by Gasteiger charge is 2.22. The third-order valence-corrected chi connectivity index (χ3v) is 3.11. The Morgan fingerprint density at radius 2 is 2.16 bits per heavy atom. The van der Waals surface area contributed by atoms with Crippen molar-refractivity contribution in [1.82, 2.24) is 9.61 Å². The fourth-order valence-electron chi connectivity index (χ4n) is 2.18. The van der Waals surface area contributed by atoms with Gasteiger partial charge in [0, 0.05) is 11.3 Å². The molecule has 2 rings (SSSR count). The lowest BCUT2D eigenvalue weighted by molar-refractivity contribution is 0.0527. The van der Waals surface area contributed by atoms with Crippen LogP contribution in [-0.2, 0) is 17.8 Å². The number of aryl methyl sites for hydroxylation is 2. The lowest BCUT2D eigenvalue weighted by Gasteiger charge is -2.06. The van der Waals surface area contributed by atoms with Crippen molar-refractivity contribution in [3.8, 4) is 0 Å². The molecule has 19 heavy (non-hydrogen) atoms. The first kappa shape index (κ1) is 13.5. The van der Waals surface area contributed by atoms with E-state index in [0.29, 0.717) is 35.4 Å². The zero-order chi connectivity index (χ0) is 14.0. The molecule has 0 radical (unpaired) electrons. The standard InChI is InChI=1S/C14H18N2O3/c1-4-11-12(14(18)19-5-2)13-10(8-17)7-6-9(3)16(13)15-11/h6-7,17H,4-5,8H2,1-3H3. The number of carbonyl (C=O) groups excluding carboxylic acids is 1. The van der Waals surface area contributed by atoms with Crippen LogP contribution in [0.3, 0.4) is 0 Å². The maximum Gasteiger partial charge on any atom is 0.342 e. The molecule has 2 heterocycles. The summed E-state index contributed by atoms with van der Waals surface area (Å²) in [5.74, 6) is -0.380. The molecule has 0 spiro atoms. The van der Waals surface area contributed by atoms with Gasteiger partial charge in [-0.1, -0.05) is 13.0 Å². The normalized spacial score (nSPS) is 10.9. The Bertz CT molecular complexity index is 617. The predicted octanol–water partition coefficient (Wildman–Crippen LogP) is 1.87. The Hall–Kier alpha value is -1.88. The number of hydrogen-bond acceptors (Lipinski definition) is 4. The van der Waals surface area contributed by atoms with Crippen molar-refractivity contribution < 1.29 is 14.6 Å². The molecule has 0 fully saturated rings. The van der Waals surface area contributed by atoms with Crippen LogP contribution in [0, 0.1) is 6.92 Å². The van der Waals surface area contributed by atoms with E-state index in [4.69, 9.17) is 4.74 Å². The maximum absolute atomic E-state index is 12.1. The number of aromatic nitrogens is 2. The minimum absolute atomic E-state index is 0.134. The third-order valence-electron chi connectivity index (χ3n) is 3.11. The lowest BCUT2D eigenvalue weighted by atomic mass is 10.1. The van der Waals surface area contributed by atoms with E-state index in [1.54, 1.807) is 11.4 Å². The van der Waals surface area contributed by atoms with Gasteiger partial charge in [0.05, 0.1) is 24.4 Å². The molecule has 0 saturated heterocycles. The van der Waals surface area contributed by atoms with Gasteiger partial charge in [0.2, 0.25) is 0 Å². The molecular weight excluding hydrogens is 244 g/mol. The molecule has 5 heteroatoms. The van der Waals surface area contributed by atoms with Gasteiger partial charge in [-0.3, -0.25) is 0 Å². The molecule has 102 valence electrons. The van der Waals surface area contributed by atoms with Crippen LogP contribution in [0.15, 0.2) is 12.1 Å². The second-order valence-corrected chi connectivity index (χ2v) is 4.31. The molecule has 5 nitrogen and oxygen atoms in total. The van der Waals surface area contributed by atoms with Gasteiger partial charge in [-0.15, -0.1) is 0 Å². The maximum atomic E-state index is 12.1. The number of aliphatic hydroxyl groups is 1. The summed E-state index contributed by atoms with van der Waals surface area (Å²) in [7, 11) is 0. The van der Waals surface area contributed by atoms with Gasteiger partial charge in [-0.2, -0.15) is 5.10 Å². The monoisotopic (exact) mass is 262 g/mol. The van der Waals surface area contributed by atoms with Crippen LogP contribution in [0.4, 0.5) is 0 Å². The minimum Gasteiger partial charge on any atom is -0.462 e. The fourth-order valence-corrected chi connectivity index (χ4v) is 2.18. The molecule has 0 saturated carbocycles. The van der Waals surface area contributed by atoms with Gasteiger partial charge < -0.3 is 9.84 Å². The SMILES string of the molecule is CCOC(=O)c1c(CC)nn2c(C)ccc(CO)c12.